The molecule has 1 aromatic carbocycles. The standard InChI is InChI=1S/C21H26FN3O2.ClH/c1-15-16(2)25(14-27-12-11-26-4)20-19(15)9-10-23-21(20)24(3)13-17-5-7-18(22)8-6-17;/h5-10H,11-14H2,1-4H3;1H. The average Bonchev–Trinajstić information content (AvgIpc) is 2.92. The Morgan fingerprint density at radius 2 is 1.82 bits per heavy atom. The van der Waals surface area contributed by atoms with Crippen molar-refractivity contribution in [2.24, 2.45) is 0 Å². The fourth-order valence-corrected chi connectivity index (χ4v) is 3.25. The lowest BCUT2D eigenvalue weighted by Gasteiger charge is -2.21. The van der Waals surface area contributed by atoms with Gasteiger partial charge in [0.1, 0.15) is 12.5 Å². The smallest absolute Gasteiger partial charge is 0.153 e. The van der Waals surface area contributed by atoms with Crippen LogP contribution in [0.5, 0.6) is 0 Å². The van der Waals surface area contributed by atoms with Crippen LogP contribution in [0, 0.1) is 19.7 Å². The molecule has 7 heteroatoms. The molecule has 0 spiro atoms. The molecule has 28 heavy (non-hydrogen) atoms. The molecule has 0 bridgehead atoms. The van der Waals surface area contributed by atoms with Gasteiger partial charge in [0.25, 0.3) is 0 Å². The van der Waals surface area contributed by atoms with Crippen molar-refractivity contribution in [1.82, 2.24) is 9.55 Å². The maximum absolute atomic E-state index is 13.2. The Hall–Kier alpha value is -2.15. The summed E-state index contributed by atoms with van der Waals surface area (Å²) in [6.45, 7) is 6.40. The van der Waals surface area contributed by atoms with Gasteiger partial charge in [0, 0.05) is 38.0 Å². The fraction of sp³-hybridized carbons (Fsp3) is 0.381. The third-order valence-electron chi connectivity index (χ3n) is 4.87. The quantitative estimate of drug-likeness (QED) is 0.516. The second-order valence-electron chi connectivity index (χ2n) is 6.68. The number of benzene rings is 1. The number of hydrogen-bond acceptors (Lipinski definition) is 4. The largest absolute Gasteiger partial charge is 0.382 e. The summed E-state index contributed by atoms with van der Waals surface area (Å²) in [4.78, 5) is 6.71. The molecule has 0 unspecified atom stereocenters. The topological polar surface area (TPSA) is 39.5 Å². The van der Waals surface area contributed by atoms with Crippen molar-refractivity contribution in [1.29, 1.82) is 0 Å². The Balaban J connectivity index is 0.00000280. The predicted octanol–water partition coefficient (Wildman–Crippen LogP) is 4.47. The van der Waals surface area contributed by atoms with E-state index in [1.165, 1.54) is 23.1 Å². The first-order valence-electron chi connectivity index (χ1n) is 8.99. The van der Waals surface area contributed by atoms with E-state index in [1.54, 1.807) is 19.2 Å². The number of rotatable bonds is 8. The minimum Gasteiger partial charge on any atom is -0.382 e. The number of halogens is 2. The summed E-state index contributed by atoms with van der Waals surface area (Å²) in [7, 11) is 3.66. The van der Waals surface area contributed by atoms with Gasteiger partial charge in [0.05, 0.1) is 18.7 Å². The average molecular weight is 408 g/mol. The number of pyridine rings is 1. The minimum atomic E-state index is -0.227. The van der Waals surface area contributed by atoms with Gasteiger partial charge in [-0.25, -0.2) is 9.37 Å². The number of aryl methyl sites for hydroxylation is 1. The molecule has 0 saturated carbocycles. The van der Waals surface area contributed by atoms with Gasteiger partial charge in [0.2, 0.25) is 0 Å². The highest BCUT2D eigenvalue weighted by molar-refractivity contribution is 5.93. The molecule has 0 aliphatic carbocycles. The SMILES string of the molecule is COCCOCn1c(C)c(C)c2ccnc(N(C)Cc3ccc(F)cc3)c21.Cl. The van der Waals surface area contributed by atoms with Crippen molar-refractivity contribution < 1.29 is 13.9 Å². The van der Waals surface area contributed by atoms with Crippen LogP contribution in [0.3, 0.4) is 0 Å². The van der Waals surface area contributed by atoms with E-state index in [9.17, 15) is 4.39 Å². The second kappa shape index (κ2) is 9.87. The molecule has 3 aromatic rings. The van der Waals surface area contributed by atoms with Gasteiger partial charge < -0.3 is 18.9 Å². The Labute approximate surface area is 171 Å². The first kappa shape index (κ1) is 22.1. The van der Waals surface area contributed by atoms with E-state index in [-0.39, 0.29) is 18.2 Å². The Bertz CT molecular complexity index is 912. The molecule has 2 heterocycles. The summed E-state index contributed by atoms with van der Waals surface area (Å²) in [5.41, 5.74) is 4.46. The molecule has 2 aromatic heterocycles. The van der Waals surface area contributed by atoms with Gasteiger partial charge in [-0.1, -0.05) is 12.1 Å². The van der Waals surface area contributed by atoms with E-state index >= 15 is 0 Å². The van der Waals surface area contributed by atoms with Gasteiger partial charge in [0.15, 0.2) is 5.82 Å². The van der Waals surface area contributed by atoms with Crippen molar-refractivity contribution in [2.45, 2.75) is 27.1 Å². The number of anilines is 1. The van der Waals surface area contributed by atoms with Crippen LogP contribution in [0.25, 0.3) is 10.9 Å². The predicted molar refractivity (Wildman–Crippen MR) is 113 cm³/mol. The highest BCUT2D eigenvalue weighted by atomic mass is 35.5. The van der Waals surface area contributed by atoms with Crippen LogP contribution >= 0.6 is 12.4 Å². The van der Waals surface area contributed by atoms with Crippen LogP contribution in [0.15, 0.2) is 36.5 Å². The number of aromatic nitrogens is 2. The lowest BCUT2D eigenvalue weighted by atomic mass is 10.2. The molecular weight excluding hydrogens is 381 g/mol. The zero-order valence-electron chi connectivity index (χ0n) is 16.7. The van der Waals surface area contributed by atoms with Gasteiger partial charge >= 0.3 is 0 Å². The van der Waals surface area contributed by atoms with Crippen LogP contribution in [0.4, 0.5) is 10.2 Å². The third-order valence-corrected chi connectivity index (χ3v) is 4.87. The van der Waals surface area contributed by atoms with Crippen LogP contribution in [-0.2, 0) is 22.7 Å². The molecule has 0 N–H and O–H groups in total. The number of nitrogens with zero attached hydrogens (tertiary/aromatic N) is 3. The van der Waals surface area contributed by atoms with Crippen molar-refractivity contribution in [3.63, 3.8) is 0 Å². The Morgan fingerprint density at radius 1 is 1.11 bits per heavy atom. The maximum atomic E-state index is 13.2. The van der Waals surface area contributed by atoms with Gasteiger partial charge in [-0.05, 0) is 43.2 Å². The van der Waals surface area contributed by atoms with E-state index in [0.717, 1.165) is 22.6 Å². The summed E-state index contributed by atoms with van der Waals surface area (Å²) in [5, 5.41) is 1.17. The molecule has 0 aliphatic rings. The second-order valence-corrected chi connectivity index (χ2v) is 6.68. The first-order valence-corrected chi connectivity index (χ1v) is 8.99. The molecule has 0 saturated heterocycles. The summed E-state index contributed by atoms with van der Waals surface area (Å²) in [6.07, 6.45) is 1.83. The first-order chi connectivity index (χ1) is 13.0. The molecule has 0 fully saturated rings. The minimum absolute atomic E-state index is 0. The maximum Gasteiger partial charge on any atom is 0.153 e. The van der Waals surface area contributed by atoms with E-state index in [1.807, 2.05) is 19.3 Å². The number of hydrogen-bond donors (Lipinski definition) is 0. The summed E-state index contributed by atoms with van der Waals surface area (Å²) in [5.74, 6) is 0.651. The van der Waals surface area contributed by atoms with Gasteiger partial charge in [-0.2, -0.15) is 0 Å². The van der Waals surface area contributed by atoms with Crippen molar-refractivity contribution in [3.05, 3.63) is 59.2 Å². The number of fused-ring (bicyclic) bond motifs is 1. The van der Waals surface area contributed by atoms with Crippen molar-refractivity contribution >= 4 is 29.1 Å². The van der Waals surface area contributed by atoms with E-state index in [2.05, 4.69) is 28.3 Å². The lowest BCUT2D eigenvalue weighted by Crippen LogP contribution is -2.19. The van der Waals surface area contributed by atoms with E-state index in [0.29, 0.717) is 26.5 Å². The van der Waals surface area contributed by atoms with Crippen LogP contribution in [0.1, 0.15) is 16.8 Å². The Morgan fingerprint density at radius 3 is 2.50 bits per heavy atom. The van der Waals surface area contributed by atoms with E-state index < -0.39 is 0 Å². The highest BCUT2D eigenvalue weighted by Gasteiger charge is 2.17. The monoisotopic (exact) mass is 407 g/mol. The zero-order valence-corrected chi connectivity index (χ0v) is 17.6. The van der Waals surface area contributed by atoms with Crippen molar-refractivity contribution in [2.75, 3.05) is 32.3 Å². The summed E-state index contributed by atoms with van der Waals surface area (Å²) < 4.78 is 26.2. The number of methoxy groups -OCH3 is 1. The van der Waals surface area contributed by atoms with Gasteiger partial charge in [-0.3, -0.25) is 0 Å². The Kier molecular flexibility index (Phi) is 7.80. The molecule has 0 aliphatic heterocycles. The molecule has 152 valence electrons. The zero-order chi connectivity index (χ0) is 19.4. The molecule has 0 atom stereocenters. The lowest BCUT2D eigenvalue weighted by molar-refractivity contribution is 0.0353. The molecular formula is C21H27ClFN3O2. The molecule has 0 amide bonds. The normalized spacial score (nSPS) is 10.9. The van der Waals surface area contributed by atoms with Crippen LogP contribution in [-0.4, -0.2) is 36.9 Å². The highest BCUT2D eigenvalue weighted by Crippen LogP contribution is 2.31. The van der Waals surface area contributed by atoms with E-state index in [4.69, 9.17) is 9.47 Å². The van der Waals surface area contributed by atoms with Crippen LogP contribution < -0.4 is 4.90 Å². The fourth-order valence-electron chi connectivity index (χ4n) is 3.25. The molecule has 5 nitrogen and oxygen atoms in total. The van der Waals surface area contributed by atoms with Crippen molar-refractivity contribution in [3.8, 4) is 0 Å². The van der Waals surface area contributed by atoms with Crippen LogP contribution in [0.2, 0.25) is 0 Å². The molecule has 0 radical (unpaired) electrons. The summed E-state index contributed by atoms with van der Waals surface area (Å²) >= 11 is 0. The van der Waals surface area contributed by atoms with Gasteiger partial charge in [-0.15, -0.1) is 12.4 Å². The number of ether oxygens (including phenoxy) is 2. The molecule has 3 rings (SSSR count). The summed E-state index contributed by atoms with van der Waals surface area (Å²) in [6, 6.07) is 8.61. The third kappa shape index (κ3) is 4.63.